The first kappa shape index (κ1) is 19.3. The van der Waals surface area contributed by atoms with Gasteiger partial charge in [-0.15, -0.1) is 0 Å². The summed E-state index contributed by atoms with van der Waals surface area (Å²) >= 11 is 1.66. The van der Waals surface area contributed by atoms with Crippen LogP contribution in [0, 0.1) is 0 Å². The second-order valence-corrected chi connectivity index (χ2v) is 7.31. The smallest absolute Gasteiger partial charge is 0.245 e. The molecule has 0 aliphatic carbocycles. The second kappa shape index (κ2) is 8.74. The zero-order valence-corrected chi connectivity index (χ0v) is 14.9. The van der Waals surface area contributed by atoms with Gasteiger partial charge in [0.2, 0.25) is 11.8 Å². The number of carbonyl (C=O) groups is 2. The summed E-state index contributed by atoms with van der Waals surface area (Å²) in [6, 6.07) is -0.454. The van der Waals surface area contributed by atoms with Crippen LogP contribution in [0.1, 0.15) is 26.2 Å². The topological polar surface area (TPSA) is 72.9 Å². The molecule has 1 fully saturated rings. The molecule has 2 N–H and O–H groups in total. The third kappa shape index (κ3) is 6.14. The van der Waals surface area contributed by atoms with Gasteiger partial charge in [-0.05, 0) is 45.4 Å². The van der Waals surface area contributed by atoms with E-state index in [9.17, 15) is 14.7 Å². The van der Waals surface area contributed by atoms with Crippen molar-refractivity contribution >= 4 is 23.6 Å². The number of amides is 2. The van der Waals surface area contributed by atoms with Crippen molar-refractivity contribution < 1.29 is 14.7 Å². The number of likely N-dealkylation sites (N-methyl/N-ethyl adjacent to an activating group) is 1. The van der Waals surface area contributed by atoms with Crippen LogP contribution in [0.3, 0.4) is 0 Å². The van der Waals surface area contributed by atoms with Gasteiger partial charge in [0.05, 0.1) is 5.60 Å². The molecule has 2 amide bonds. The lowest BCUT2D eigenvalue weighted by atomic mass is 9.90. The first-order chi connectivity index (χ1) is 10.3. The number of aliphatic hydroxyl groups is 1. The number of thioether (sulfide) groups is 1. The zero-order chi connectivity index (χ0) is 16.8. The monoisotopic (exact) mass is 331 g/mol. The minimum atomic E-state index is -0.719. The van der Waals surface area contributed by atoms with Gasteiger partial charge in [-0.2, -0.15) is 11.8 Å². The molecule has 6 nitrogen and oxygen atoms in total. The molecule has 0 saturated carbocycles. The van der Waals surface area contributed by atoms with Gasteiger partial charge in [0, 0.05) is 26.6 Å². The standard InChI is InChI=1S/C15H29N3O3S/c1-12(19)16-13(5-10-22-4)14(20)18-8-6-15(21,7-9-18)11-17(2)3/h13,21H,5-11H2,1-4H3,(H,16,19)/t13-/m0/s1. The minimum Gasteiger partial charge on any atom is -0.388 e. The van der Waals surface area contributed by atoms with Gasteiger partial charge in [0.25, 0.3) is 0 Å². The average Bonchev–Trinajstić information content (AvgIpc) is 2.42. The van der Waals surface area contributed by atoms with E-state index in [0.717, 1.165) is 5.75 Å². The molecule has 1 atom stereocenters. The molecule has 0 unspecified atom stereocenters. The SMILES string of the molecule is CSCC[C@H](NC(C)=O)C(=O)N1CCC(O)(CN(C)C)CC1. The fraction of sp³-hybridized carbons (Fsp3) is 0.867. The number of likely N-dealkylation sites (tertiary alicyclic amines) is 1. The Kier molecular flexibility index (Phi) is 7.65. The van der Waals surface area contributed by atoms with Crippen LogP contribution in [0.15, 0.2) is 0 Å². The van der Waals surface area contributed by atoms with Gasteiger partial charge in [-0.25, -0.2) is 0 Å². The van der Waals surface area contributed by atoms with Crippen molar-refractivity contribution in [2.75, 3.05) is 45.7 Å². The molecule has 0 radical (unpaired) electrons. The lowest BCUT2D eigenvalue weighted by Crippen LogP contribution is -2.55. The molecule has 0 spiro atoms. The van der Waals surface area contributed by atoms with Gasteiger partial charge in [0.1, 0.15) is 6.04 Å². The normalized spacial score (nSPS) is 19.1. The summed E-state index contributed by atoms with van der Waals surface area (Å²) in [5.74, 6) is 0.617. The number of carbonyl (C=O) groups excluding carboxylic acids is 2. The molecule has 7 heteroatoms. The summed E-state index contributed by atoms with van der Waals surface area (Å²) in [5.41, 5.74) is -0.719. The lowest BCUT2D eigenvalue weighted by Gasteiger charge is -2.40. The second-order valence-electron chi connectivity index (χ2n) is 6.32. The molecule has 0 aromatic heterocycles. The molecule has 1 aliphatic rings. The third-order valence-electron chi connectivity index (χ3n) is 3.90. The lowest BCUT2D eigenvalue weighted by molar-refractivity contribution is -0.140. The molecule has 0 aromatic carbocycles. The molecule has 1 saturated heterocycles. The fourth-order valence-electron chi connectivity index (χ4n) is 2.85. The maximum atomic E-state index is 12.6. The first-order valence-corrected chi connectivity index (χ1v) is 9.09. The molecule has 1 heterocycles. The molecule has 1 rings (SSSR count). The number of hydrogen-bond donors (Lipinski definition) is 2. The Balaban J connectivity index is 2.59. The largest absolute Gasteiger partial charge is 0.388 e. The number of nitrogens with zero attached hydrogens (tertiary/aromatic N) is 2. The summed E-state index contributed by atoms with van der Waals surface area (Å²) in [6.45, 7) is 3.12. The van der Waals surface area contributed by atoms with E-state index in [1.807, 2.05) is 25.3 Å². The quantitative estimate of drug-likeness (QED) is 0.695. The van der Waals surface area contributed by atoms with E-state index in [0.29, 0.717) is 38.9 Å². The molecule has 22 heavy (non-hydrogen) atoms. The number of rotatable bonds is 7. The van der Waals surface area contributed by atoms with E-state index >= 15 is 0 Å². The highest BCUT2D eigenvalue weighted by atomic mass is 32.2. The molecule has 1 aliphatic heterocycles. The van der Waals surface area contributed by atoms with Crippen LogP contribution >= 0.6 is 11.8 Å². The predicted molar refractivity (Wildman–Crippen MR) is 89.9 cm³/mol. The molecular weight excluding hydrogens is 302 g/mol. The van der Waals surface area contributed by atoms with E-state index in [4.69, 9.17) is 0 Å². The summed E-state index contributed by atoms with van der Waals surface area (Å²) in [4.78, 5) is 27.6. The highest BCUT2D eigenvalue weighted by molar-refractivity contribution is 7.98. The Labute approximate surface area is 137 Å². The molecular formula is C15H29N3O3S. The van der Waals surface area contributed by atoms with Gasteiger partial charge in [0.15, 0.2) is 0 Å². The van der Waals surface area contributed by atoms with Crippen molar-refractivity contribution in [3.05, 3.63) is 0 Å². The average molecular weight is 331 g/mol. The van der Waals surface area contributed by atoms with Crippen molar-refractivity contribution in [3.8, 4) is 0 Å². The molecule has 0 aromatic rings. The van der Waals surface area contributed by atoms with Crippen molar-refractivity contribution in [2.45, 2.75) is 37.8 Å². The van der Waals surface area contributed by atoms with Crippen LogP contribution in [0.25, 0.3) is 0 Å². The van der Waals surface area contributed by atoms with Crippen molar-refractivity contribution in [1.82, 2.24) is 15.1 Å². The zero-order valence-electron chi connectivity index (χ0n) is 14.1. The number of nitrogens with one attached hydrogen (secondary N) is 1. The summed E-state index contributed by atoms with van der Waals surface area (Å²) in [6.07, 6.45) is 3.77. The number of piperidine rings is 1. The van der Waals surface area contributed by atoms with Crippen LogP contribution in [0.4, 0.5) is 0 Å². The highest BCUT2D eigenvalue weighted by Gasteiger charge is 2.36. The molecule has 0 bridgehead atoms. The Hall–Kier alpha value is -0.790. The van der Waals surface area contributed by atoms with Crippen LogP contribution < -0.4 is 5.32 Å². The van der Waals surface area contributed by atoms with E-state index in [1.54, 1.807) is 16.7 Å². The maximum Gasteiger partial charge on any atom is 0.245 e. The summed E-state index contributed by atoms with van der Waals surface area (Å²) < 4.78 is 0. The van der Waals surface area contributed by atoms with E-state index in [-0.39, 0.29) is 11.8 Å². The molecule has 128 valence electrons. The van der Waals surface area contributed by atoms with E-state index in [1.165, 1.54) is 6.92 Å². The highest BCUT2D eigenvalue weighted by Crippen LogP contribution is 2.23. The Morgan fingerprint density at radius 1 is 1.36 bits per heavy atom. The van der Waals surface area contributed by atoms with Crippen LogP contribution in [-0.2, 0) is 9.59 Å². The van der Waals surface area contributed by atoms with Crippen LogP contribution in [0.5, 0.6) is 0 Å². The summed E-state index contributed by atoms with van der Waals surface area (Å²) in [5, 5.41) is 13.3. The summed E-state index contributed by atoms with van der Waals surface area (Å²) in [7, 11) is 3.87. The van der Waals surface area contributed by atoms with Gasteiger partial charge >= 0.3 is 0 Å². The van der Waals surface area contributed by atoms with Crippen LogP contribution in [0.2, 0.25) is 0 Å². The minimum absolute atomic E-state index is 0.0313. The van der Waals surface area contributed by atoms with E-state index in [2.05, 4.69) is 5.32 Å². The van der Waals surface area contributed by atoms with Gasteiger partial charge < -0.3 is 20.2 Å². The Bertz CT molecular complexity index is 382. The van der Waals surface area contributed by atoms with Crippen molar-refractivity contribution in [1.29, 1.82) is 0 Å². The Morgan fingerprint density at radius 3 is 2.41 bits per heavy atom. The predicted octanol–water partition coefficient (Wildman–Crippen LogP) is 0.159. The third-order valence-corrected chi connectivity index (χ3v) is 4.55. The number of hydrogen-bond acceptors (Lipinski definition) is 5. The Morgan fingerprint density at radius 2 is 1.95 bits per heavy atom. The van der Waals surface area contributed by atoms with E-state index < -0.39 is 11.6 Å². The van der Waals surface area contributed by atoms with Crippen molar-refractivity contribution in [2.24, 2.45) is 0 Å². The first-order valence-electron chi connectivity index (χ1n) is 7.69. The fourth-order valence-corrected chi connectivity index (χ4v) is 3.32. The van der Waals surface area contributed by atoms with Crippen molar-refractivity contribution in [3.63, 3.8) is 0 Å². The maximum absolute atomic E-state index is 12.6. The van der Waals surface area contributed by atoms with Gasteiger partial charge in [-0.3, -0.25) is 9.59 Å². The van der Waals surface area contributed by atoms with Gasteiger partial charge in [-0.1, -0.05) is 0 Å². The van der Waals surface area contributed by atoms with Crippen LogP contribution in [-0.4, -0.2) is 84.1 Å².